The van der Waals surface area contributed by atoms with E-state index < -0.39 is 52.2 Å². The summed E-state index contributed by atoms with van der Waals surface area (Å²) in [6.07, 6.45) is -6.76. The predicted molar refractivity (Wildman–Crippen MR) is 74.2 cm³/mol. The van der Waals surface area contributed by atoms with Gasteiger partial charge in [-0.1, -0.05) is 11.6 Å². The Bertz CT molecular complexity index is 750. The molecule has 0 saturated carbocycles. The number of carbonyl (C=O) groups excluding carboxylic acids is 1. The van der Waals surface area contributed by atoms with E-state index in [0.717, 1.165) is 7.05 Å². The van der Waals surface area contributed by atoms with Crippen LogP contribution in [0.25, 0.3) is 0 Å². The Labute approximate surface area is 137 Å². The van der Waals surface area contributed by atoms with Crippen LogP contribution in [-0.2, 0) is 0 Å². The highest BCUT2D eigenvalue weighted by Crippen LogP contribution is 2.35. The second kappa shape index (κ2) is 5.95. The highest BCUT2D eigenvalue weighted by Gasteiger charge is 2.45. The summed E-state index contributed by atoms with van der Waals surface area (Å²) in [6, 6.07) is -0.153. The number of aliphatic hydroxyl groups is 1. The number of nitrogens with zero attached hydrogens (tertiary/aromatic N) is 2. The molecule has 1 aliphatic heterocycles. The van der Waals surface area contributed by atoms with Crippen molar-refractivity contribution in [1.82, 2.24) is 4.90 Å². The minimum Gasteiger partial charge on any atom is -0.478 e. The second-order valence-corrected chi connectivity index (χ2v) is 5.17. The van der Waals surface area contributed by atoms with Gasteiger partial charge in [-0.25, -0.2) is 14.0 Å². The zero-order valence-electron chi connectivity index (χ0n) is 11.8. The van der Waals surface area contributed by atoms with E-state index in [1.165, 1.54) is 0 Å². The average molecular weight is 369 g/mol. The molecule has 130 valence electrons. The molecule has 0 fully saturated rings. The van der Waals surface area contributed by atoms with Crippen molar-refractivity contribution in [3.63, 3.8) is 0 Å². The molecular formula is C13H9ClF4N2O4. The van der Waals surface area contributed by atoms with Gasteiger partial charge in [-0.2, -0.15) is 13.2 Å². The normalized spacial score (nSPS) is 18.7. The number of hydrogen-bond acceptors (Lipinski definition) is 3. The van der Waals surface area contributed by atoms with Crippen molar-refractivity contribution < 1.29 is 37.4 Å². The van der Waals surface area contributed by atoms with Gasteiger partial charge in [-0.15, -0.1) is 0 Å². The molecular weight excluding hydrogens is 360 g/mol. The summed E-state index contributed by atoms with van der Waals surface area (Å²) in [4.78, 5) is 23.6. The third-order valence-corrected chi connectivity index (χ3v) is 3.56. The van der Waals surface area contributed by atoms with Gasteiger partial charge in [-0.05, 0) is 18.2 Å². The van der Waals surface area contributed by atoms with Crippen LogP contribution in [-0.4, -0.2) is 46.6 Å². The number of carbonyl (C=O) groups is 2. The highest BCUT2D eigenvalue weighted by molar-refractivity contribution is 6.33. The van der Waals surface area contributed by atoms with Crippen molar-refractivity contribution >= 4 is 29.3 Å². The van der Waals surface area contributed by atoms with E-state index in [0.29, 0.717) is 18.2 Å². The van der Waals surface area contributed by atoms with E-state index >= 15 is 0 Å². The molecule has 11 heteroatoms. The van der Waals surface area contributed by atoms with Gasteiger partial charge >= 0.3 is 18.2 Å². The van der Waals surface area contributed by atoms with Gasteiger partial charge < -0.3 is 10.2 Å². The van der Waals surface area contributed by atoms with Crippen LogP contribution in [0, 0.1) is 5.82 Å². The molecule has 1 heterocycles. The Morgan fingerprint density at radius 1 is 1.33 bits per heavy atom. The molecule has 1 atom stereocenters. The van der Waals surface area contributed by atoms with Crippen molar-refractivity contribution in [2.45, 2.75) is 12.4 Å². The van der Waals surface area contributed by atoms with E-state index in [-0.39, 0.29) is 9.80 Å². The largest absolute Gasteiger partial charge is 0.478 e. The lowest BCUT2D eigenvalue weighted by molar-refractivity contribution is -0.108. The molecule has 0 radical (unpaired) electrons. The monoisotopic (exact) mass is 368 g/mol. The molecule has 0 spiro atoms. The van der Waals surface area contributed by atoms with Gasteiger partial charge in [0.15, 0.2) is 6.23 Å². The Kier molecular flexibility index (Phi) is 4.46. The summed E-state index contributed by atoms with van der Waals surface area (Å²) in [5.74, 6) is -2.73. The fraction of sp³-hybridized carbons (Fsp3) is 0.231. The van der Waals surface area contributed by atoms with Gasteiger partial charge in [0, 0.05) is 7.05 Å². The molecule has 0 bridgehead atoms. The lowest BCUT2D eigenvalue weighted by Gasteiger charge is -2.37. The van der Waals surface area contributed by atoms with Crippen LogP contribution in [0.3, 0.4) is 0 Å². The van der Waals surface area contributed by atoms with Crippen LogP contribution in [0.4, 0.5) is 28.0 Å². The summed E-state index contributed by atoms with van der Waals surface area (Å²) in [5, 5.41) is 18.3. The third kappa shape index (κ3) is 3.02. The minimum absolute atomic E-state index is 0.168. The van der Waals surface area contributed by atoms with E-state index in [1.54, 1.807) is 0 Å². The number of halogens is 5. The number of hydrogen-bond donors (Lipinski definition) is 2. The molecule has 0 aliphatic carbocycles. The summed E-state index contributed by atoms with van der Waals surface area (Å²) in [5.41, 5.74) is -2.73. The molecule has 1 aromatic carbocycles. The van der Waals surface area contributed by atoms with Gasteiger partial charge in [0.2, 0.25) is 0 Å². The third-order valence-electron chi connectivity index (χ3n) is 3.24. The van der Waals surface area contributed by atoms with E-state index in [1.807, 2.05) is 0 Å². The number of allylic oxidation sites excluding steroid dienone is 1. The predicted octanol–water partition coefficient (Wildman–Crippen LogP) is 2.81. The maximum atomic E-state index is 14.0. The number of benzene rings is 1. The number of rotatable bonds is 2. The number of aromatic carboxylic acids is 1. The van der Waals surface area contributed by atoms with E-state index in [9.17, 15) is 32.3 Å². The van der Waals surface area contributed by atoms with Crippen molar-refractivity contribution in [2.75, 3.05) is 11.9 Å². The van der Waals surface area contributed by atoms with Crippen LogP contribution in [0.1, 0.15) is 10.4 Å². The average Bonchev–Trinajstić information content (AvgIpc) is 2.43. The van der Waals surface area contributed by atoms with Crippen molar-refractivity contribution in [2.24, 2.45) is 0 Å². The van der Waals surface area contributed by atoms with Gasteiger partial charge in [-0.3, -0.25) is 9.80 Å². The SMILES string of the molecule is CN1C(=O)N(c2cc(C(=O)O)c(Cl)cc2F)C(O)C=C1C(F)(F)F. The lowest BCUT2D eigenvalue weighted by atomic mass is 10.1. The zero-order valence-corrected chi connectivity index (χ0v) is 12.6. The number of carboxylic acids is 1. The maximum Gasteiger partial charge on any atom is 0.431 e. The number of anilines is 1. The number of alkyl halides is 3. The Morgan fingerprint density at radius 3 is 2.42 bits per heavy atom. The number of carboxylic acid groups (broad SMARTS) is 1. The summed E-state index contributed by atoms with van der Waals surface area (Å²) >= 11 is 5.56. The van der Waals surface area contributed by atoms with Crippen LogP contribution in [0.5, 0.6) is 0 Å². The van der Waals surface area contributed by atoms with Gasteiger partial charge in [0.1, 0.15) is 11.5 Å². The Morgan fingerprint density at radius 2 is 1.92 bits per heavy atom. The van der Waals surface area contributed by atoms with Crippen molar-refractivity contribution in [3.8, 4) is 0 Å². The second-order valence-electron chi connectivity index (χ2n) is 4.76. The molecule has 0 aromatic heterocycles. The molecule has 1 aliphatic rings. The highest BCUT2D eigenvalue weighted by atomic mass is 35.5. The molecule has 24 heavy (non-hydrogen) atoms. The minimum atomic E-state index is -4.91. The van der Waals surface area contributed by atoms with Crippen LogP contribution in [0.2, 0.25) is 5.02 Å². The lowest BCUT2D eigenvalue weighted by Crippen LogP contribution is -2.52. The smallest absolute Gasteiger partial charge is 0.431 e. The summed E-state index contributed by atoms with van der Waals surface area (Å²) in [6.45, 7) is 0. The molecule has 2 rings (SSSR count). The first-order valence-electron chi connectivity index (χ1n) is 6.21. The molecule has 6 nitrogen and oxygen atoms in total. The quantitative estimate of drug-likeness (QED) is 0.787. The molecule has 1 unspecified atom stereocenters. The molecule has 2 amide bonds. The Hall–Kier alpha value is -2.33. The number of urea groups is 1. The van der Waals surface area contributed by atoms with E-state index in [4.69, 9.17) is 16.7 Å². The fourth-order valence-corrected chi connectivity index (χ4v) is 2.35. The number of amides is 2. The maximum absolute atomic E-state index is 14.0. The topological polar surface area (TPSA) is 81.1 Å². The zero-order chi connectivity index (χ0) is 18.4. The first-order valence-corrected chi connectivity index (χ1v) is 6.59. The first-order chi connectivity index (χ1) is 10.9. The van der Waals surface area contributed by atoms with Crippen molar-refractivity contribution in [3.05, 3.63) is 40.3 Å². The number of aliphatic hydroxyl groups excluding tert-OH is 1. The van der Waals surface area contributed by atoms with Crippen molar-refractivity contribution in [1.29, 1.82) is 0 Å². The Balaban J connectivity index is 2.58. The van der Waals surface area contributed by atoms with E-state index in [2.05, 4.69) is 0 Å². The van der Waals surface area contributed by atoms with Gasteiger partial charge in [0.25, 0.3) is 0 Å². The first kappa shape index (κ1) is 18.0. The molecule has 2 N–H and O–H groups in total. The molecule has 1 aromatic rings. The summed E-state index contributed by atoms with van der Waals surface area (Å²) < 4.78 is 52.5. The fourth-order valence-electron chi connectivity index (χ4n) is 2.12. The molecule has 0 saturated heterocycles. The standard InChI is InChI=1S/C13H9ClF4N2O4/c1-19-9(13(16,17)18)4-10(21)20(12(19)24)8-2-5(11(22)23)6(14)3-7(8)15/h2-4,10,21H,1H3,(H,22,23). The van der Waals surface area contributed by atoms with Crippen LogP contribution >= 0.6 is 11.6 Å². The van der Waals surface area contributed by atoms with Crippen LogP contribution < -0.4 is 4.90 Å². The van der Waals surface area contributed by atoms with Crippen LogP contribution in [0.15, 0.2) is 23.9 Å². The van der Waals surface area contributed by atoms with Gasteiger partial charge in [0.05, 0.1) is 16.3 Å². The summed E-state index contributed by atoms with van der Waals surface area (Å²) in [7, 11) is 0.784.